The van der Waals surface area contributed by atoms with E-state index in [0.29, 0.717) is 17.0 Å². The molecule has 5 rings (SSSR count). The van der Waals surface area contributed by atoms with Gasteiger partial charge in [0, 0.05) is 37.3 Å². The van der Waals surface area contributed by atoms with E-state index in [0.717, 1.165) is 35.4 Å². The van der Waals surface area contributed by atoms with Crippen molar-refractivity contribution in [3.8, 4) is 0 Å². The van der Waals surface area contributed by atoms with E-state index < -0.39 is 0 Å². The van der Waals surface area contributed by atoms with E-state index in [1.807, 2.05) is 18.5 Å². The second-order valence-corrected chi connectivity index (χ2v) is 7.83. The zero-order valence-corrected chi connectivity index (χ0v) is 14.4. The van der Waals surface area contributed by atoms with Crippen LogP contribution in [0.25, 0.3) is 10.1 Å². The SMILES string of the molecule is NC(=O)c1cc2c(N3CC4C3CN4Cc3ccccc3)cncc2s1. The molecule has 6 heteroatoms. The summed E-state index contributed by atoms with van der Waals surface area (Å²) in [5, 5.41) is 1.09. The number of pyridine rings is 1. The molecule has 0 saturated carbocycles. The zero-order chi connectivity index (χ0) is 17.0. The predicted molar refractivity (Wildman–Crippen MR) is 99.9 cm³/mol. The first-order chi connectivity index (χ1) is 12.2. The largest absolute Gasteiger partial charge is 0.365 e. The number of primary amides is 1. The molecule has 0 radical (unpaired) electrons. The molecule has 126 valence electrons. The van der Waals surface area contributed by atoms with Gasteiger partial charge in [-0.25, -0.2) is 0 Å². The summed E-state index contributed by atoms with van der Waals surface area (Å²) in [5.41, 5.74) is 7.93. The topological polar surface area (TPSA) is 62.5 Å². The third-order valence-electron chi connectivity index (χ3n) is 5.32. The van der Waals surface area contributed by atoms with E-state index in [4.69, 9.17) is 5.73 Å². The molecular formula is C19H18N4OS. The average molecular weight is 350 g/mol. The molecule has 1 amide bonds. The van der Waals surface area contributed by atoms with Crippen molar-refractivity contribution < 1.29 is 4.79 Å². The molecule has 2 atom stereocenters. The van der Waals surface area contributed by atoms with E-state index in [-0.39, 0.29) is 5.91 Å². The first kappa shape index (κ1) is 14.9. The number of hydrogen-bond acceptors (Lipinski definition) is 5. The van der Waals surface area contributed by atoms with Crippen LogP contribution in [0.5, 0.6) is 0 Å². The molecule has 0 bridgehead atoms. The van der Waals surface area contributed by atoms with Crippen LogP contribution in [0.4, 0.5) is 5.69 Å². The summed E-state index contributed by atoms with van der Waals surface area (Å²) in [6.45, 7) is 3.10. The summed E-state index contributed by atoms with van der Waals surface area (Å²) < 4.78 is 1.02. The lowest BCUT2D eigenvalue weighted by atomic mass is 9.84. The molecule has 0 aliphatic carbocycles. The molecule has 2 saturated heterocycles. The Kier molecular flexibility index (Phi) is 3.29. The third-order valence-corrected chi connectivity index (χ3v) is 6.41. The lowest BCUT2D eigenvalue weighted by molar-refractivity contribution is 0.00427. The van der Waals surface area contributed by atoms with Crippen LogP contribution in [0.2, 0.25) is 0 Å². The average Bonchev–Trinajstić information content (AvgIpc) is 3.05. The number of thiophene rings is 1. The molecule has 3 aromatic rings. The van der Waals surface area contributed by atoms with Crippen LogP contribution >= 0.6 is 11.3 Å². The standard InChI is InChI=1S/C19H18N4OS/c20-19(24)17-6-13-14(7-21-8-18(13)25-17)23-11-15-16(23)10-22(15)9-12-4-2-1-3-5-12/h1-8,15-16H,9-11H2,(H2,20,24). The summed E-state index contributed by atoms with van der Waals surface area (Å²) in [6.07, 6.45) is 3.73. The van der Waals surface area contributed by atoms with E-state index in [2.05, 4.69) is 45.1 Å². The minimum atomic E-state index is -0.369. The molecule has 5 nitrogen and oxygen atoms in total. The van der Waals surface area contributed by atoms with Crippen molar-refractivity contribution >= 4 is 33.0 Å². The molecule has 2 aliphatic heterocycles. The molecule has 2 aliphatic rings. The maximum Gasteiger partial charge on any atom is 0.258 e. The Morgan fingerprint density at radius 1 is 1.20 bits per heavy atom. The van der Waals surface area contributed by atoms with Crippen molar-refractivity contribution in [3.05, 3.63) is 59.2 Å². The van der Waals surface area contributed by atoms with Crippen molar-refractivity contribution in [1.29, 1.82) is 0 Å². The van der Waals surface area contributed by atoms with Gasteiger partial charge in [0.2, 0.25) is 0 Å². The normalized spacial score (nSPS) is 22.3. The molecule has 1 aromatic carbocycles. The van der Waals surface area contributed by atoms with Gasteiger partial charge >= 0.3 is 0 Å². The molecule has 25 heavy (non-hydrogen) atoms. The van der Waals surface area contributed by atoms with Gasteiger partial charge in [-0.3, -0.25) is 14.7 Å². The summed E-state index contributed by atoms with van der Waals surface area (Å²) in [6, 6.07) is 13.7. The number of fused-ring (bicyclic) bond motifs is 2. The van der Waals surface area contributed by atoms with Gasteiger partial charge in [-0.1, -0.05) is 30.3 Å². The van der Waals surface area contributed by atoms with Crippen molar-refractivity contribution in [3.63, 3.8) is 0 Å². The lowest BCUT2D eigenvalue weighted by Crippen LogP contribution is -2.78. The van der Waals surface area contributed by atoms with Crippen LogP contribution in [0.1, 0.15) is 15.2 Å². The lowest BCUT2D eigenvalue weighted by Gasteiger charge is -2.63. The van der Waals surface area contributed by atoms with Crippen LogP contribution in [0, 0.1) is 0 Å². The Bertz CT molecular complexity index is 954. The highest BCUT2D eigenvalue weighted by Crippen LogP contribution is 2.42. The van der Waals surface area contributed by atoms with Crippen molar-refractivity contribution in [2.24, 2.45) is 5.73 Å². The number of rotatable bonds is 4. The number of likely N-dealkylation sites (tertiary alicyclic amines) is 1. The van der Waals surface area contributed by atoms with Gasteiger partial charge in [0.15, 0.2) is 0 Å². The molecule has 2 fully saturated rings. The van der Waals surface area contributed by atoms with Gasteiger partial charge in [-0.05, 0) is 11.6 Å². The maximum atomic E-state index is 11.5. The summed E-state index contributed by atoms with van der Waals surface area (Å²) in [5.74, 6) is -0.369. The van der Waals surface area contributed by atoms with Gasteiger partial charge in [-0.15, -0.1) is 11.3 Å². The third kappa shape index (κ3) is 2.33. The number of piperazine rings is 1. The van der Waals surface area contributed by atoms with Gasteiger partial charge in [0.1, 0.15) is 0 Å². The summed E-state index contributed by atoms with van der Waals surface area (Å²) in [7, 11) is 0. The van der Waals surface area contributed by atoms with Gasteiger partial charge in [0.25, 0.3) is 5.91 Å². The Labute approximate surface area is 149 Å². The number of amides is 1. The van der Waals surface area contributed by atoms with Crippen LogP contribution < -0.4 is 10.6 Å². The Balaban J connectivity index is 1.34. The van der Waals surface area contributed by atoms with Crippen LogP contribution in [0.3, 0.4) is 0 Å². The molecule has 4 heterocycles. The highest BCUT2D eigenvalue weighted by molar-refractivity contribution is 7.20. The molecule has 0 spiro atoms. The number of hydrogen-bond donors (Lipinski definition) is 1. The number of nitrogens with zero attached hydrogens (tertiary/aromatic N) is 3. The van der Waals surface area contributed by atoms with E-state index in [9.17, 15) is 4.79 Å². The molecule has 2 aromatic heterocycles. The second-order valence-electron chi connectivity index (χ2n) is 6.75. The Morgan fingerprint density at radius 3 is 2.76 bits per heavy atom. The first-order valence-corrected chi connectivity index (χ1v) is 9.24. The van der Waals surface area contributed by atoms with Crippen molar-refractivity contribution in [2.45, 2.75) is 18.6 Å². The maximum absolute atomic E-state index is 11.5. The summed E-state index contributed by atoms with van der Waals surface area (Å²) in [4.78, 5) is 21.4. The summed E-state index contributed by atoms with van der Waals surface area (Å²) >= 11 is 1.42. The molecule has 2 unspecified atom stereocenters. The van der Waals surface area contributed by atoms with Crippen molar-refractivity contribution in [2.75, 3.05) is 18.0 Å². The number of anilines is 1. The predicted octanol–water partition coefficient (Wildman–Crippen LogP) is 2.47. The van der Waals surface area contributed by atoms with Gasteiger partial charge in [0.05, 0.1) is 27.5 Å². The fourth-order valence-corrected chi connectivity index (χ4v) is 4.82. The Hall–Kier alpha value is -2.44. The second kappa shape index (κ2) is 5.54. The Morgan fingerprint density at radius 2 is 2.04 bits per heavy atom. The van der Waals surface area contributed by atoms with E-state index in [1.165, 1.54) is 16.9 Å². The smallest absolute Gasteiger partial charge is 0.258 e. The van der Waals surface area contributed by atoms with E-state index >= 15 is 0 Å². The molecular weight excluding hydrogens is 332 g/mol. The number of aromatic nitrogens is 1. The number of carbonyl (C=O) groups is 1. The number of nitrogens with two attached hydrogens (primary N) is 1. The zero-order valence-electron chi connectivity index (χ0n) is 13.6. The number of benzene rings is 1. The monoisotopic (exact) mass is 350 g/mol. The molecule has 2 N–H and O–H groups in total. The first-order valence-electron chi connectivity index (χ1n) is 8.42. The highest BCUT2D eigenvalue weighted by atomic mass is 32.1. The minimum absolute atomic E-state index is 0.369. The van der Waals surface area contributed by atoms with E-state index in [1.54, 1.807) is 0 Å². The fraction of sp³-hybridized carbons (Fsp3) is 0.263. The van der Waals surface area contributed by atoms with Gasteiger partial charge in [-0.2, -0.15) is 0 Å². The number of carbonyl (C=O) groups excluding carboxylic acids is 1. The van der Waals surface area contributed by atoms with Gasteiger partial charge < -0.3 is 10.6 Å². The minimum Gasteiger partial charge on any atom is -0.365 e. The fourth-order valence-electron chi connectivity index (χ4n) is 3.92. The van der Waals surface area contributed by atoms with Crippen LogP contribution in [-0.4, -0.2) is 41.0 Å². The highest BCUT2D eigenvalue weighted by Gasteiger charge is 2.51. The van der Waals surface area contributed by atoms with Crippen LogP contribution in [0.15, 0.2) is 48.8 Å². The van der Waals surface area contributed by atoms with Crippen molar-refractivity contribution in [1.82, 2.24) is 9.88 Å². The quantitative estimate of drug-likeness (QED) is 0.785. The van der Waals surface area contributed by atoms with Crippen LogP contribution in [-0.2, 0) is 6.54 Å².